The molecule has 0 bridgehead atoms. The average Bonchev–Trinajstić information content (AvgIpc) is 2.82. The zero-order chi connectivity index (χ0) is 22.9. The van der Waals surface area contributed by atoms with E-state index >= 15 is 0 Å². The van der Waals surface area contributed by atoms with Gasteiger partial charge in [0, 0.05) is 52.2 Å². The van der Waals surface area contributed by atoms with Crippen LogP contribution in [0.3, 0.4) is 0 Å². The van der Waals surface area contributed by atoms with Gasteiger partial charge in [0.15, 0.2) is 5.96 Å². The van der Waals surface area contributed by atoms with Crippen LogP contribution in [0.5, 0.6) is 11.6 Å². The van der Waals surface area contributed by atoms with E-state index in [1.54, 1.807) is 13.3 Å². The smallest absolute Gasteiger partial charge is 0.213 e. The van der Waals surface area contributed by atoms with Crippen LogP contribution < -0.4 is 20.1 Å². The van der Waals surface area contributed by atoms with Crippen LogP contribution in [0.4, 0.5) is 0 Å². The van der Waals surface area contributed by atoms with Crippen molar-refractivity contribution in [3.63, 3.8) is 0 Å². The van der Waals surface area contributed by atoms with Gasteiger partial charge in [0.2, 0.25) is 5.88 Å². The second kappa shape index (κ2) is 18.3. The summed E-state index contributed by atoms with van der Waals surface area (Å²) in [7, 11) is 3.85. The summed E-state index contributed by atoms with van der Waals surface area (Å²) >= 11 is 0. The molecule has 9 heteroatoms. The summed E-state index contributed by atoms with van der Waals surface area (Å²) < 4.78 is 16.4. The Morgan fingerprint density at radius 2 is 1.79 bits per heavy atom. The number of aliphatic imine (C=N–C) groups is 1. The van der Waals surface area contributed by atoms with Gasteiger partial charge in [-0.15, -0.1) is 24.0 Å². The van der Waals surface area contributed by atoms with Gasteiger partial charge in [-0.05, 0) is 38.1 Å². The lowest BCUT2D eigenvalue weighted by atomic mass is 10.3. The van der Waals surface area contributed by atoms with E-state index in [4.69, 9.17) is 14.2 Å². The number of methoxy groups -OCH3 is 1. The van der Waals surface area contributed by atoms with Crippen molar-refractivity contribution in [1.82, 2.24) is 20.5 Å². The molecule has 0 spiro atoms. The van der Waals surface area contributed by atoms with E-state index in [2.05, 4.69) is 39.5 Å². The number of likely N-dealkylation sites (N-methyl/N-ethyl adjacent to an activating group) is 1. The van der Waals surface area contributed by atoms with Crippen molar-refractivity contribution < 1.29 is 14.2 Å². The zero-order valence-electron chi connectivity index (χ0n) is 20.0. The van der Waals surface area contributed by atoms with Crippen LogP contribution >= 0.6 is 24.0 Å². The first kappa shape index (κ1) is 28.9. The lowest BCUT2D eigenvalue weighted by Gasteiger charge is -2.18. The molecule has 0 saturated heterocycles. The van der Waals surface area contributed by atoms with E-state index in [1.807, 2.05) is 42.5 Å². The second-order valence-corrected chi connectivity index (χ2v) is 7.29. The SMILES string of the molecule is CCNC(=NCc1ccc(OCCOc2ccccc2)nc1)NCCN(C)CCCOC.I. The van der Waals surface area contributed by atoms with Crippen molar-refractivity contribution in [3.05, 3.63) is 54.2 Å². The summed E-state index contributed by atoms with van der Waals surface area (Å²) in [6.45, 7) is 7.90. The normalized spacial score (nSPS) is 11.1. The molecule has 0 aliphatic rings. The molecule has 0 fully saturated rings. The first-order chi connectivity index (χ1) is 15.7. The van der Waals surface area contributed by atoms with Crippen molar-refractivity contribution in [1.29, 1.82) is 0 Å². The minimum Gasteiger partial charge on any atom is -0.490 e. The fourth-order valence-corrected chi connectivity index (χ4v) is 2.88. The highest BCUT2D eigenvalue weighted by molar-refractivity contribution is 14.0. The van der Waals surface area contributed by atoms with Crippen LogP contribution in [0.25, 0.3) is 0 Å². The van der Waals surface area contributed by atoms with E-state index in [9.17, 15) is 0 Å². The summed E-state index contributed by atoms with van der Waals surface area (Å²) in [4.78, 5) is 11.3. The molecular weight excluding hydrogens is 533 g/mol. The third-order valence-electron chi connectivity index (χ3n) is 4.58. The average molecular weight is 572 g/mol. The molecule has 0 unspecified atom stereocenters. The summed E-state index contributed by atoms with van der Waals surface area (Å²) in [5.41, 5.74) is 1.02. The van der Waals surface area contributed by atoms with Crippen LogP contribution in [-0.4, -0.2) is 76.0 Å². The third kappa shape index (κ3) is 13.2. The minimum atomic E-state index is 0. The highest BCUT2D eigenvalue weighted by atomic mass is 127. The Hall–Kier alpha value is -2.11. The molecule has 0 amide bonds. The van der Waals surface area contributed by atoms with Crippen molar-refractivity contribution in [2.45, 2.75) is 19.9 Å². The maximum Gasteiger partial charge on any atom is 0.213 e. The number of nitrogens with zero attached hydrogens (tertiary/aromatic N) is 3. The molecule has 0 atom stereocenters. The lowest BCUT2D eigenvalue weighted by molar-refractivity contribution is 0.180. The number of benzene rings is 1. The topological polar surface area (TPSA) is 80.2 Å². The first-order valence-corrected chi connectivity index (χ1v) is 11.2. The number of guanidine groups is 1. The molecule has 2 N–H and O–H groups in total. The van der Waals surface area contributed by atoms with Crippen LogP contribution in [0.15, 0.2) is 53.7 Å². The van der Waals surface area contributed by atoms with E-state index in [1.165, 1.54) is 0 Å². The standard InChI is InChI=1S/C24H37N5O3.HI/c1-4-25-24(26-13-15-29(2)14-8-16-30-3)28-20-21-11-12-23(27-19-21)32-18-17-31-22-9-6-5-7-10-22;/h5-7,9-12,19H,4,8,13-18,20H2,1-3H3,(H2,25,26,28);1H. The highest BCUT2D eigenvalue weighted by Gasteiger charge is 2.02. The van der Waals surface area contributed by atoms with Gasteiger partial charge in [-0.3, -0.25) is 0 Å². The molecule has 0 aliphatic carbocycles. The number of hydrogen-bond donors (Lipinski definition) is 2. The Morgan fingerprint density at radius 1 is 1.00 bits per heavy atom. The van der Waals surface area contributed by atoms with Gasteiger partial charge in [-0.25, -0.2) is 9.98 Å². The zero-order valence-corrected chi connectivity index (χ0v) is 22.3. The van der Waals surface area contributed by atoms with Gasteiger partial charge in [0.25, 0.3) is 0 Å². The van der Waals surface area contributed by atoms with Gasteiger partial charge in [0.1, 0.15) is 19.0 Å². The Bertz CT molecular complexity index is 762. The third-order valence-corrected chi connectivity index (χ3v) is 4.58. The van der Waals surface area contributed by atoms with Crippen LogP contribution in [0, 0.1) is 0 Å². The molecule has 1 heterocycles. The summed E-state index contributed by atoms with van der Waals surface area (Å²) in [5, 5.41) is 6.66. The monoisotopic (exact) mass is 571 g/mol. The summed E-state index contributed by atoms with van der Waals surface area (Å²) in [5.74, 6) is 2.22. The molecular formula is C24H38IN5O3. The number of nitrogens with one attached hydrogen (secondary N) is 2. The number of ether oxygens (including phenoxy) is 3. The van der Waals surface area contributed by atoms with Gasteiger partial charge in [0.05, 0.1) is 6.54 Å². The maximum atomic E-state index is 5.65. The summed E-state index contributed by atoms with van der Waals surface area (Å²) in [6.07, 6.45) is 2.83. The van der Waals surface area contributed by atoms with E-state index in [0.29, 0.717) is 25.6 Å². The quantitative estimate of drug-likeness (QED) is 0.147. The van der Waals surface area contributed by atoms with Crippen molar-refractivity contribution in [2.75, 3.05) is 60.2 Å². The Labute approximate surface area is 215 Å². The van der Waals surface area contributed by atoms with Gasteiger partial charge in [-0.1, -0.05) is 24.3 Å². The molecule has 0 radical (unpaired) electrons. The van der Waals surface area contributed by atoms with E-state index in [-0.39, 0.29) is 24.0 Å². The summed E-state index contributed by atoms with van der Waals surface area (Å²) in [6, 6.07) is 13.5. The van der Waals surface area contributed by atoms with Crippen molar-refractivity contribution >= 4 is 29.9 Å². The largest absolute Gasteiger partial charge is 0.490 e. The van der Waals surface area contributed by atoms with E-state index < -0.39 is 0 Å². The Balaban J connectivity index is 0.00000544. The van der Waals surface area contributed by atoms with Crippen molar-refractivity contribution in [3.8, 4) is 11.6 Å². The molecule has 1 aromatic carbocycles. The molecule has 184 valence electrons. The Morgan fingerprint density at radius 3 is 2.48 bits per heavy atom. The van der Waals surface area contributed by atoms with Gasteiger partial charge < -0.3 is 29.7 Å². The van der Waals surface area contributed by atoms with Gasteiger partial charge >= 0.3 is 0 Å². The molecule has 2 rings (SSSR count). The molecule has 2 aromatic rings. The predicted molar refractivity (Wildman–Crippen MR) is 144 cm³/mol. The Kier molecular flexibility index (Phi) is 16.1. The number of rotatable bonds is 15. The molecule has 1 aromatic heterocycles. The van der Waals surface area contributed by atoms with Crippen LogP contribution in [-0.2, 0) is 11.3 Å². The number of aromatic nitrogens is 1. The highest BCUT2D eigenvalue weighted by Crippen LogP contribution is 2.10. The molecule has 8 nitrogen and oxygen atoms in total. The number of para-hydroxylation sites is 1. The number of pyridine rings is 1. The number of hydrogen-bond acceptors (Lipinski definition) is 6. The molecule has 0 aliphatic heterocycles. The minimum absolute atomic E-state index is 0. The van der Waals surface area contributed by atoms with Crippen molar-refractivity contribution in [2.24, 2.45) is 4.99 Å². The van der Waals surface area contributed by atoms with E-state index in [0.717, 1.165) is 56.5 Å². The van der Waals surface area contributed by atoms with Gasteiger partial charge in [-0.2, -0.15) is 0 Å². The maximum absolute atomic E-state index is 5.65. The van der Waals surface area contributed by atoms with Crippen LogP contribution in [0.1, 0.15) is 18.9 Å². The molecule has 0 saturated carbocycles. The fourth-order valence-electron chi connectivity index (χ4n) is 2.88. The molecule has 33 heavy (non-hydrogen) atoms. The second-order valence-electron chi connectivity index (χ2n) is 7.29. The van der Waals surface area contributed by atoms with Crippen LogP contribution in [0.2, 0.25) is 0 Å². The fraction of sp³-hybridized carbons (Fsp3) is 0.500. The lowest BCUT2D eigenvalue weighted by Crippen LogP contribution is -2.41. The predicted octanol–water partition coefficient (Wildman–Crippen LogP) is 3.18. The first-order valence-electron chi connectivity index (χ1n) is 11.2. The number of halogens is 1.